The zero-order valence-electron chi connectivity index (χ0n) is 12.5. The lowest BCUT2D eigenvalue weighted by Gasteiger charge is -2.16. The normalized spacial score (nSPS) is 11.7. The van der Waals surface area contributed by atoms with Crippen LogP contribution in [0, 0.1) is 5.82 Å². The molecule has 1 aromatic heterocycles. The van der Waals surface area contributed by atoms with Crippen LogP contribution in [-0.4, -0.2) is 16.7 Å². The fourth-order valence-electron chi connectivity index (χ4n) is 2.01. The molecule has 0 saturated carbocycles. The summed E-state index contributed by atoms with van der Waals surface area (Å²) in [6.45, 7) is 6.57. The van der Waals surface area contributed by atoms with Crippen LogP contribution in [0.3, 0.4) is 0 Å². The van der Waals surface area contributed by atoms with Crippen molar-refractivity contribution in [3.63, 3.8) is 0 Å². The number of rotatable bonds is 5. The second-order valence-electron chi connectivity index (χ2n) is 5.82. The Labute approximate surface area is 128 Å². The minimum Gasteiger partial charge on any atom is -0.490 e. The number of nitrogens with zero attached hydrogens (tertiary/aromatic N) is 1. The van der Waals surface area contributed by atoms with E-state index in [9.17, 15) is 9.50 Å². The molecule has 0 radical (unpaired) electrons. The molecule has 5 heteroatoms. The van der Waals surface area contributed by atoms with Crippen molar-refractivity contribution in [2.45, 2.75) is 39.2 Å². The monoisotopic (exact) mass is 309 g/mol. The molecule has 1 heterocycles. The maximum absolute atomic E-state index is 13.4. The van der Waals surface area contributed by atoms with Gasteiger partial charge in [-0.25, -0.2) is 9.37 Å². The summed E-state index contributed by atoms with van der Waals surface area (Å²) in [5, 5.41) is 10.3. The molecule has 2 aromatic rings. The van der Waals surface area contributed by atoms with Gasteiger partial charge in [0.1, 0.15) is 0 Å². The second-order valence-corrected chi connectivity index (χ2v) is 6.98. The minimum atomic E-state index is -0.358. The van der Waals surface area contributed by atoms with Crippen molar-refractivity contribution < 1.29 is 14.2 Å². The van der Waals surface area contributed by atoms with E-state index in [4.69, 9.17) is 4.74 Å². The zero-order valence-corrected chi connectivity index (χ0v) is 13.3. The summed E-state index contributed by atoms with van der Waals surface area (Å²) in [4.78, 5) is 5.48. The molecule has 1 aromatic carbocycles. The van der Waals surface area contributed by atoms with Crippen molar-refractivity contribution >= 4 is 11.3 Å². The Morgan fingerprint density at radius 2 is 2.00 bits per heavy atom. The highest BCUT2D eigenvalue weighted by Crippen LogP contribution is 2.30. The van der Waals surface area contributed by atoms with Gasteiger partial charge in [-0.1, -0.05) is 32.9 Å². The van der Waals surface area contributed by atoms with Gasteiger partial charge in [0, 0.05) is 11.8 Å². The predicted molar refractivity (Wildman–Crippen MR) is 82.3 cm³/mol. The molecule has 3 nitrogen and oxygen atoms in total. The van der Waals surface area contributed by atoms with Gasteiger partial charge in [-0.05, 0) is 12.1 Å². The summed E-state index contributed by atoms with van der Waals surface area (Å²) < 4.78 is 18.9. The molecule has 21 heavy (non-hydrogen) atoms. The summed E-state index contributed by atoms with van der Waals surface area (Å²) in [5.74, 6) is -0.101. The van der Waals surface area contributed by atoms with Crippen molar-refractivity contribution in [3.05, 3.63) is 45.7 Å². The Balaban J connectivity index is 2.01. The highest BCUT2D eigenvalue weighted by atomic mass is 32.1. The van der Waals surface area contributed by atoms with E-state index >= 15 is 0 Å². The van der Waals surface area contributed by atoms with Crippen LogP contribution in [0.4, 0.5) is 4.39 Å². The molecule has 114 valence electrons. The Morgan fingerprint density at radius 3 is 2.57 bits per heavy atom. The summed E-state index contributed by atoms with van der Waals surface area (Å²) >= 11 is 1.49. The molecule has 0 atom stereocenters. The fraction of sp³-hybridized carbons (Fsp3) is 0.438. The Kier molecular flexibility index (Phi) is 4.96. The van der Waals surface area contributed by atoms with Crippen LogP contribution in [0.2, 0.25) is 0 Å². The van der Waals surface area contributed by atoms with Gasteiger partial charge < -0.3 is 9.84 Å². The van der Waals surface area contributed by atoms with E-state index in [1.807, 2.05) is 0 Å². The van der Waals surface area contributed by atoms with E-state index in [1.54, 1.807) is 18.2 Å². The van der Waals surface area contributed by atoms with Crippen molar-refractivity contribution in [2.24, 2.45) is 0 Å². The number of aromatic nitrogens is 1. The number of aliphatic hydroxyl groups is 1. The van der Waals surface area contributed by atoms with E-state index in [-0.39, 0.29) is 23.6 Å². The topological polar surface area (TPSA) is 42.4 Å². The first-order chi connectivity index (χ1) is 9.91. The molecule has 0 aliphatic heterocycles. The predicted octanol–water partition coefficient (Wildman–Crippen LogP) is 3.69. The van der Waals surface area contributed by atoms with Crippen LogP contribution in [0.15, 0.2) is 24.3 Å². The number of halogens is 1. The quantitative estimate of drug-likeness (QED) is 0.916. The van der Waals surface area contributed by atoms with Crippen molar-refractivity contribution in [3.8, 4) is 5.75 Å². The molecule has 0 bridgehead atoms. The van der Waals surface area contributed by atoms with Crippen molar-refractivity contribution in [1.29, 1.82) is 0 Å². The van der Waals surface area contributed by atoms with Gasteiger partial charge in [0.25, 0.3) is 0 Å². The molecular formula is C16H20FNO2S. The molecule has 0 amide bonds. The molecule has 0 aliphatic rings. The van der Waals surface area contributed by atoms with Crippen LogP contribution in [0.1, 0.15) is 36.3 Å². The molecule has 1 N–H and O–H groups in total. The standard InChI is InChI=1S/C16H20FNO2S/c1-16(2,3)15-13(10-19)21-14(18-15)8-9-20-12-7-5-4-6-11(12)17/h4-7,19H,8-10H2,1-3H3. The Hall–Kier alpha value is -1.46. The number of ether oxygens (including phenoxy) is 1. The molecule has 0 unspecified atom stereocenters. The molecule has 0 saturated heterocycles. The number of hydrogen-bond donors (Lipinski definition) is 1. The number of thiazole rings is 1. The SMILES string of the molecule is CC(C)(C)c1nc(CCOc2ccccc2F)sc1CO. The number of hydrogen-bond acceptors (Lipinski definition) is 4. The lowest BCUT2D eigenvalue weighted by atomic mass is 9.91. The number of aliphatic hydroxyl groups excluding tert-OH is 1. The Bertz CT molecular complexity index is 605. The summed E-state index contributed by atoms with van der Waals surface area (Å²) in [5.41, 5.74) is 0.829. The zero-order chi connectivity index (χ0) is 15.5. The third-order valence-corrected chi connectivity index (χ3v) is 4.11. The molecule has 0 aliphatic carbocycles. The lowest BCUT2D eigenvalue weighted by Crippen LogP contribution is -2.14. The van der Waals surface area contributed by atoms with Gasteiger partial charge in [0.05, 0.1) is 28.8 Å². The molecule has 0 fully saturated rings. The first-order valence-corrected chi connectivity index (χ1v) is 7.70. The first-order valence-electron chi connectivity index (χ1n) is 6.89. The van der Waals surface area contributed by atoms with Crippen molar-refractivity contribution in [2.75, 3.05) is 6.61 Å². The molecular weight excluding hydrogens is 289 g/mol. The van der Waals surface area contributed by atoms with Gasteiger partial charge in [-0.2, -0.15) is 0 Å². The van der Waals surface area contributed by atoms with E-state index in [0.29, 0.717) is 13.0 Å². The van der Waals surface area contributed by atoms with Gasteiger partial charge in [-0.3, -0.25) is 0 Å². The van der Waals surface area contributed by atoms with Crippen LogP contribution < -0.4 is 4.74 Å². The van der Waals surface area contributed by atoms with Gasteiger partial charge in [0.2, 0.25) is 0 Å². The Morgan fingerprint density at radius 1 is 1.29 bits per heavy atom. The molecule has 2 rings (SSSR count). The average Bonchev–Trinajstić information content (AvgIpc) is 2.84. The van der Waals surface area contributed by atoms with Crippen LogP contribution in [-0.2, 0) is 18.4 Å². The smallest absolute Gasteiger partial charge is 0.165 e. The van der Waals surface area contributed by atoms with E-state index in [2.05, 4.69) is 25.8 Å². The number of benzene rings is 1. The van der Waals surface area contributed by atoms with E-state index < -0.39 is 0 Å². The average molecular weight is 309 g/mol. The highest BCUT2D eigenvalue weighted by Gasteiger charge is 2.22. The van der Waals surface area contributed by atoms with Gasteiger partial charge in [-0.15, -0.1) is 11.3 Å². The summed E-state index contributed by atoms with van der Waals surface area (Å²) in [6, 6.07) is 6.35. The third-order valence-electron chi connectivity index (χ3n) is 3.01. The van der Waals surface area contributed by atoms with Gasteiger partial charge >= 0.3 is 0 Å². The van der Waals surface area contributed by atoms with E-state index in [0.717, 1.165) is 15.6 Å². The maximum Gasteiger partial charge on any atom is 0.165 e. The van der Waals surface area contributed by atoms with Crippen LogP contribution in [0.25, 0.3) is 0 Å². The summed E-state index contributed by atoms with van der Waals surface area (Å²) in [7, 11) is 0. The highest BCUT2D eigenvalue weighted by molar-refractivity contribution is 7.11. The first kappa shape index (κ1) is 15.9. The number of para-hydroxylation sites is 1. The second kappa shape index (κ2) is 6.54. The van der Waals surface area contributed by atoms with Crippen LogP contribution >= 0.6 is 11.3 Å². The van der Waals surface area contributed by atoms with Crippen LogP contribution in [0.5, 0.6) is 5.75 Å². The maximum atomic E-state index is 13.4. The largest absolute Gasteiger partial charge is 0.490 e. The fourth-order valence-corrected chi connectivity index (χ4v) is 3.13. The summed E-state index contributed by atoms with van der Waals surface area (Å²) in [6.07, 6.45) is 0.599. The van der Waals surface area contributed by atoms with Crippen molar-refractivity contribution in [1.82, 2.24) is 4.98 Å². The molecule has 0 spiro atoms. The lowest BCUT2D eigenvalue weighted by molar-refractivity contribution is 0.282. The van der Waals surface area contributed by atoms with E-state index in [1.165, 1.54) is 17.4 Å². The minimum absolute atomic E-state index is 0.00155. The third kappa shape index (κ3) is 4.02. The van der Waals surface area contributed by atoms with Gasteiger partial charge in [0.15, 0.2) is 11.6 Å².